The normalized spacial score (nSPS) is 20.1. The summed E-state index contributed by atoms with van der Waals surface area (Å²) in [5.74, 6) is 8.35. The van der Waals surface area contributed by atoms with Crippen LogP contribution >= 0.6 is 0 Å². The van der Waals surface area contributed by atoms with Crippen molar-refractivity contribution in [3.8, 4) is 17.6 Å². The average Bonchev–Trinajstić information content (AvgIpc) is 3.38. The van der Waals surface area contributed by atoms with Gasteiger partial charge in [-0.1, -0.05) is 17.9 Å². The van der Waals surface area contributed by atoms with E-state index in [1.54, 1.807) is 14.2 Å². The lowest BCUT2D eigenvalue weighted by Crippen LogP contribution is -2.37. The number of ether oxygens (including phenoxy) is 1. The first kappa shape index (κ1) is 27.1. The van der Waals surface area contributed by atoms with Gasteiger partial charge in [-0.05, 0) is 88.9 Å². The second kappa shape index (κ2) is 14.7. The number of allylic oxidation sites excluding steroid dienone is 2. The SMILES string of the molecule is C/N=C\C=C/CCCNC1C=c2cc(OC)c(C#CCCN3CCCC3)cc2=NC(N2CCCCC2)=N1. The number of hydrogen-bond acceptors (Lipinski definition) is 7. The number of benzene rings is 1. The highest BCUT2D eigenvalue weighted by Gasteiger charge is 2.18. The van der Waals surface area contributed by atoms with Crippen molar-refractivity contribution in [2.24, 2.45) is 15.0 Å². The van der Waals surface area contributed by atoms with E-state index in [2.05, 4.69) is 56.2 Å². The van der Waals surface area contributed by atoms with E-state index in [4.69, 9.17) is 14.7 Å². The van der Waals surface area contributed by atoms with Crippen molar-refractivity contribution in [1.29, 1.82) is 0 Å². The van der Waals surface area contributed by atoms with Gasteiger partial charge in [-0.2, -0.15) is 0 Å². The lowest BCUT2D eigenvalue weighted by Gasteiger charge is -2.28. The van der Waals surface area contributed by atoms with Crippen molar-refractivity contribution in [3.05, 3.63) is 40.4 Å². The maximum atomic E-state index is 5.75. The largest absolute Gasteiger partial charge is 0.495 e. The Kier molecular flexibility index (Phi) is 10.8. The molecule has 3 heterocycles. The van der Waals surface area contributed by atoms with Crippen LogP contribution < -0.4 is 20.6 Å². The minimum absolute atomic E-state index is 0.134. The number of aliphatic imine (C=N–C) groups is 2. The molecule has 1 aromatic carbocycles. The molecule has 3 aliphatic heterocycles. The van der Waals surface area contributed by atoms with Gasteiger partial charge in [-0.25, -0.2) is 9.98 Å². The van der Waals surface area contributed by atoms with Crippen LogP contribution in [0, 0.1) is 11.8 Å². The molecule has 1 aromatic rings. The second-order valence-corrected chi connectivity index (χ2v) is 9.84. The Morgan fingerprint density at radius 1 is 1.14 bits per heavy atom. The quantitative estimate of drug-likeness (QED) is 0.320. The van der Waals surface area contributed by atoms with Crippen LogP contribution in [-0.2, 0) is 0 Å². The molecule has 0 aromatic heterocycles. The van der Waals surface area contributed by atoms with Crippen LogP contribution in [0.2, 0.25) is 0 Å². The Morgan fingerprint density at radius 2 is 1.95 bits per heavy atom. The summed E-state index contributed by atoms with van der Waals surface area (Å²) in [7, 11) is 3.50. The summed E-state index contributed by atoms with van der Waals surface area (Å²) in [5, 5.41) is 5.56. The zero-order valence-electron chi connectivity index (χ0n) is 22.6. The molecule has 37 heavy (non-hydrogen) atoms. The van der Waals surface area contributed by atoms with Gasteiger partial charge in [0, 0.05) is 44.5 Å². The van der Waals surface area contributed by atoms with Gasteiger partial charge >= 0.3 is 0 Å². The van der Waals surface area contributed by atoms with Crippen LogP contribution in [-0.4, -0.2) is 81.6 Å². The van der Waals surface area contributed by atoms with Gasteiger partial charge in [0.05, 0.1) is 18.0 Å². The van der Waals surface area contributed by atoms with Crippen LogP contribution in [0.15, 0.2) is 39.3 Å². The smallest absolute Gasteiger partial charge is 0.223 e. The van der Waals surface area contributed by atoms with Crippen molar-refractivity contribution in [2.75, 3.05) is 53.4 Å². The Labute approximate surface area is 222 Å². The standard InChI is InChI=1S/C30H42N6O/c1-31-15-7-3-4-8-16-32-29-24-26-23-28(37-2)25(14-6-11-17-35-18-12-13-19-35)22-27(26)33-30(34-29)36-20-9-5-10-21-36/h3,7,15,22-24,29,32H,4-5,8-13,16-21H2,1-2H3/b7-3-,31-15-. The Morgan fingerprint density at radius 3 is 2.73 bits per heavy atom. The van der Waals surface area contributed by atoms with Crippen molar-refractivity contribution < 1.29 is 4.74 Å². The van der Waals surface area contributed by atoms with E-state index in [9.17, 15) is 0 Å². The molecule has 4 rings (SSSR count). The fourth-order valence-electron chi connectivity index (χ4n) is 4.99. The summed E-state index contributed by atoms with van der Waals surface area (Å²) >= 11 is 0. The molecular weight excluding hydrogens is 460 g/mol. The summed E-state index contributed by atoms with van der Waals surface area (Å²) in [5.41, 5.74) is 0.895. The van der Waals surface area contributed by atoms with Gasteiger partial charge in [-0.3, -0.25) is 10.3 Å². The molecule has 7 nitrogen and oxygen atoms in total. The van der Waals surface area contributed by atoms with E-state index in [1.807, 2.05) is 12.3 Å². The first-order chi connectivity index (χ1) is 18.3. The number of fused-ring (bicyclic) bond motifs is 1. The number of methoxy groups -OCH3 is 1. The molecule has 1 atom stereocenters. The third kappa shape index (κ3) is 8.28. The third-order valence-corrected chi connectivity index (χ3v) is 7.05. The first-order valence-electron chi connectivity index (χ1n) is 13.9. The molecule has 2 saturated heterocycles. The monoisotopic (exact) mass is 502 g/mol. The maximum absolute atomic E-state index is 5.75. The second-order valence-electron chi connectivity index (χ2n) is 9.84. The van der Waals surface area contributed by atoms with Gasteiger partial charge in [0.1, 0.15) is 11.9 Å². The van der Waals surface area contributed by atoms with Crippen LogP contribution in [0.4, 0.5) is 0 Å². The minimum atomic E-state index is -0.134. The zero-order chi connectivity index (χ0) is 25.7. The molecule has 1 unspecified atom stereocenters. The Hall–Kier alpha value is -2.95. The average molecular weight is 503 g/mol. The topological polar surface area (TPSA) is 64.8 Å². The number of likely N-dealkylation sites (tertiary alicyclic amines) is 2. The molecule has 3 aliphatic rings. The number of nitrogens with zero attached hydrogens (tertiary/aromatic N) is 5. The molecule has 1 N–H and O–H groups in total. The highest BCUT2D eigenvalue weighted by molar-refractivity contribution is 5.82. The number of nitrogens with one attached hydrogen (secondary N) is 1. The molecule has 0 spiro atoms. The van der Waals surface area contributed by atoms with Gasteiger partial charge < -0.3 is 14.5 Å². The van der Waals surface area contributed by atoms with Gasteiger partial charge in [0.25, 0.3) is 0 Å². The van der Waals surface area contributed by atoms with E-state index >= 15 is 0 Å². The van der Waals surface area contributed by atoms with Crippen LogP contribution in [0.5, 0.6) is 5.75 Å². The fraction of sp³-hybridized carbons (Fsp3) is 0.567. The fourth-order valence-corrected chi connectivity index (χ4v) is 4.99. The number of unbranched alkanes of at least 4 members (excludes halogenated alkanes) is 1. The van der Waals surface area contributed by atoms with E-state index in [1.165, 1.54) is 45.2 Å². The van der Waals surface area contributed by atoms with Gasteiger partial charge in [-0.15, -0.1) is 0 Å². The Balaban J connectivity index is 1.55. The summed E-state index contributed by atoms with van der Waals surface area (Å²) < 4.78 is 5.75. The van der Waals surface area contributed by atoms with E-state index in [0.29, 0.717) is 0 Å². The molecule has 0 aliphatic carbocycles. The number of hydrogen-bond donors (Lipinski definition) is 1. The predicted molar refractivity (Wildman–Crippen MR) is 153 cm³/mol. The molecule has 0 saturated carbocycles. The lowest BCUT2D eigenvalue weighted by molar-refractivity contribution is 0.336. The highest BCUT2D eigenvalue weighted by atomic mass is 16.5. The van der Waals surface area contributed by atoms with Crippen molar-refractivity contribution in [3.63, 3.8) is 0 Å². The van der Waals surface area contributed by atoms with Crippen molar-refractivity contribution in [2.45, 2.75) is 57.5 Å². The highest BCUT2D eigenvalue weighted by Crippen LogP contribution is 2.15. The summed E-state index contributed by atoms with van der Waals surface area (Å²) in [6, 6.07) is 4.15. The molecule has 0 amide bonds. The zero-order valence-corrected chi connectivity index (χ0v) is 22.6. The Bertz CT molecular complexity index is 1150. The van der Waals surface area contributed by atoms with Gasteiger partial charge in [0.15, 0.2) is 0 Å². The van der Waals surface area contributed by atoms with E-state index < -0.39 is 0 Å². The van der Waals surface area contributed by atoms with Crippen LogP contribution in [0.1, 0.15) is 56.9 Å². The first-order valence-corrected chi connectivity index (χ1v) is 13.9. The van der Waals surface area contributed by atoms with Crippen LogP contribution in [0.25, 0.3) is 6.08 Å². The number of piperidine rings is 1. The molecule has 198 valence electrons. The van der Waals surface area contributed by atoms with E-state index in [-0.39, 0.29) is 6.17 Å². The molecule has 7 heteroatoms. The van der Waals surface area contributed by atoms with Crippen molar-refractivity contribution in [1.82, 2.24) is 15.1 Å². The maximum Gasteiger partial charge on any atom is 0.223 e. The number of guanidine groups is 1. The van der Waals surface area contributed by atoms with Crippen LogP contribution in [0.3, 0.4) is 0 Å². The number of rotatable bonds is 9. The lowest BCUT2D eigenvalue weighted by atomic mass is 10.1. The predicted octanol–water partition coefficient (Wildman–Crippen LogP) is 2.74. The van der Waals surface area contributed by atoms with Crippen molar-refractivity contribution >= 4 is 18.3 Å². The molecule has 0 bridgehead atoms. The van der Waals surface area contributed by atoms with Gasteiger partial charge in [0.2, 0.25) is 5.96 Å². The molecular formula is C30H42N6O. The summed E-state index contributed by atoms with van der Waals surface area (Å²) in [4.78, 5) is 18.9. The third-order valence-electron chi connectivity index (χ3n) is 7.05. The van der Waals surface area contributed by atoms with E-state index in [0.717, 1.165) is 73.3 Å². The summed E-state index contributed by atoms with van der Waals surface area (Å²) in [6.45, 7) is 6.34. The summed E-state index contributed by atoms with van der Waals surface area (Å²) in [6.07, 6.45) is 17.2. The molecule has 2 fully saturated rings. The molecule has 0 radical (unpaired) electrons. The minimum Gasteiger partial charge on any atom is -0.495 e.